The minimum Gasteiger partial charge on any atom is -0.497 e. The van der Waals surface area contributed by atoms with Crippen LogP contribution in [0.1, 0.15) is 62.2 Å². The molecule has 0 saturated heterocycles. The highest BCUT2D eigenvalue weighted by Crippen LogP contribution is 2.42. The molecule has 0 radical (unpaired) electrons. The zero-order chi connectivity index (χ0) is 31.1. The third-order valence-electron chi connectivity index (χ3n) is 8.05. The van der Waals surface area contributed by atoms with Gasteiger partial charge in [-0.05, 0) is 90.0 Å². The van der Waals surface area contributed by atoms with Gasteiger partial charge in [-0.1, -0.05) is 48.9 Å². The fourth-order valence-corrected chi connectivity index (χ4v) is 5.73. The minimum atomic E-state index is -0.903. The standard InChI is InChI=1S/C36H37NO7/c1-40-29-18-13-26(14-19-29)36(43-4,27-15-20-30(41-2)21-16-27)28-17-22-33(42-3)25(24-28)10-6-5-9-23-44-37-34(38)31-11-7-8-12-32(31)35(37)39/h7-8,11-22,24H,5-6,9-10,23H2,1-4H3. The summed E-state index contributed by atoms with van der Waals surface area (Å²) in [5.74, 6) is 1.49. The molecule has 4 aromatic rings. The summed E-state index contributed by atoms with van der Waals surface area (Å²) in [5, 5.41) is 0.875. The Morgan fingerprint density at radius 2 is 1.16 bits per heavy atom. The van der Waals surface area contributed by atoms with Gasteiger partial charge in [0, 0.05) is 7.11 Å². The van der Waals surface area contributed by atoms with Gasteiger partial charge in [0.1, 0.15) is 22.8 Å². The number of benzene rings is 4. The lowest BCUT2D eigenvalue weighted by molar-refractivity contribution is -0.0922. The van der Waals surface area contributed by atoms with Gasteiger partial charge < -0.3 is 18.9 Å². The van der Waals surface area contributed by atoms with Gasteiger partial charge in [-0.3, -0.25) is 14.4 Å². The number of carbonyl (C=O) groups is 2. The maximum atomic E-state index is 12.5. The molecule has 8 heteroatoms. The van der Waals surface area contributed by atoms with Crippen molar-refractivity contribution in [2.45, 2.75) is 31.3 Å². The summed E-state index contributed by atoms with van der Waals surface area (Å²) in [4.78, 5) is 30.7. The molecule has 0 unspecified atom stereocenters. The molecule has 5 rings (SSSR count). The third-order valence-corrected chi connectivity index (χ3v) is 8.05. The quantitative estimate of drug-likeness (QED) is 0.0924. The molecule has 0 saturated carbocycles. The van der Waals surface area contributed by atoms with Crippen molar-refractivity contribution >= 4 is 11.8 Å². The number of aryl methyl sites for hydroxylation is 1. The van der Waals surface area contributed by atoms with E-state index in [4.69, 9.17) is 23.8 Å². The van der Waals surface area contributed by atoms with E-state index in [-0.39, 0.29) is 6.61 Å². The Bertz CT molecular complexity index is 1520. The van der Waals surface area contributed by atoms with Crippen molar-refractivity contribution in [3.8, 4) is 17.2 Å². The average Bonchev–Trinajstić information content (AvgIpc) is 3.32. The number of methoxy groups -OCH3 is 4. The number of imide groups is 1. The largest absolute Gasteiger partial charge is 0.497 e. The molecule has 0 fully saturated rings. The van der Waals surface area contributed by atoms with Crippen molar-refractivity contribution in [2.75, 3.05) is 35.0 Å². The van der Waals surface area contributed by atoms with Crippen LogP contribution in [0.5, 0.6) is 17.2 Å². The lowest BCUT2D eigenvalue weighted by Gasteiger charge is -2.35. The summed E-state index contributed by atoms with van der Waals surface area (Å²) in [6.07, 6.45) is 3.14. The molecule has 1 aliphatic rings. The Hall–Kier alpha value is -4.66. The van der Waals surface area contributed by atoms with Crippen molar-refractivity contribution in [1.29, 1.82) is 0 Å². The van der Waals surface area contributed by atoms with Crippen LogP contribution in [-0.4, -0.2) is 51.9 Å². The predicted octanol–water partition coefficient (Wildman–Crippen LogP) is 6.59. The first-order valence-corrected chi connectivity index (χ1v) is 14.6. The molecule has 1 heterocycles. The van der Waals surface area contributed by atoms with Crippen LogP contribution in [0.3, 0.4) is 0 Å². The van der Waals surface area contributed by atoms with Crippen molar-refractivity contribution < 1.29 is 33.4 Å². The molecule has 0 aliphatic carbocycles. The molecule has 228 valence electrons. The van der Waals surface area contributed by atoms with Crippen molar-refractivity contribution in [3.63, 3.8) is 0 Å². The summed E-state index contributed by atoms with van der Waals surface area (Å²) in [7, 11) is 6.68. The number of hydroxylamine groups is 2. The van der Waals surface area contributed by atoms with Crippen LogP contribution in [0.15, 0.2) is 91.0 Å². The Morgan fingerprint density at radius 3 is 1.66 bits per heavy atom. The Kier molecular flexibility index (Phi) is 9.62. The lowest BCUT2D eigenvalue weighted by atomic mass is 9.79. The van der Waals surface area contributed by atoms with Gasteiger partial charge in [0.05, 0.1) is 39.1 Å². The summed E-state index contributed by atoms with van der Waals surface area (Å²) < 4.78 is 23.0. The second kappa shape index (κ2) is 13.8. The fraction of sp³-hybridized carbons (Fsp3) is 0.278. The molecule has 2 amide bonds. The van der Waals surface area contributed by atoms with E-state index >= 15 is 0 Å². The first kappa shape index (κ1) is 30.8. The first-order valence-electron chi connectivity index (χ1n) is 14.6. The molecule has 0 bridgehead atoms. The number of amides is 2. The van der Waals surface area contributed by atoms with E-state index < -0.39 is 17.4 Å². The predicted molar refractivity (Wildman–Crippen MR) is 166 cm³/mol. The van der Waals surface area contributed by atoms with E-state index in [1.54, 1.807) is 52.7 Å². The fourth-order valence-electron chi connectivity index (χ4n) is 5.73. The molecule has 0 N–H and O–H groups in total. The number of nitrogens with zero attached hydrogens (tertiary/aromatic N) is 1. The molecule has 0 aromatic heterocycles. The number of rotatable bonds is 14. The van der Waals surface area contributed by atoms with Crippen LogP contribution in [0.25, 0.3) is 0 Å². The van der Waals surface area contributed by atoms with Crippen molar-refractivity contribution in [2.24, 2.45) is 0 Å². The topological polar surface area (TPSA) is 83.5 Å². The van der Waals surface area contributed by atoms with E-state index in [1.165, 1.54) is 0 Å². The van der Waals surface area contributed by atoms with Crippen LogP contribution >= 0.6 is 0 Å². The van der Waals surface area contributed by atoms with Gasteiger partial charge in [-0.15, -0.1) is 5.06 Å². The van der Waals surface area contributed by atoms with Gasteiger partial charge in [-0.25, -0.2) is 0 Å². The number of fused-ring (bicyclic) bond motifs is 1. The van der Waals surface area contributed by atoms with Gasteiger partial charge in [0.25, 0.3) is 11.8 Å². The zero-order valence-electron chi connectivity index (χ0n) is 25.5. The maximum absolute atomic E-state index is 12.5. The molecule has 0 spiro atoms. The van der Waals surface area contributed by atoms with Gasteiger partial charge in [-0.2, -0.15) is 0 Å². The lowest BCUT2D eigenvalue weighted by Crippen LogP contribution is -2.31. The smallest absolute Gasteiger partial charge is 0.285 e. The molecular weight excluding hydrogens is 558 g/mol. The minimum absolute atomic E-state index is 0.268. The Balaban J connectivity index is 1.32. The van der Waals surface area contributed by atoms with Crippen molar-refractivity contribution in [3.05, 3.63) is 124 Å². The number of carbonyl (C=O) groups excluding carboxylic acids is 2. The highest BCUT2D eigenvalue weighted by Gasteiger charge is 2.38. The van der Waals surface area contributed by atoms with Crippen LogP contribution in [0.2, 0.25) is 0 Å². The SMILES string of the molecule is COc1ccc(C(OC)(c2ccc(OC)cc2)c2ccc(OC)c(CCCCCON3C(=O)c4ccccc4C3=O)c2)cc1. The summed E-state index contributed by atoms with van der Waals surface area (Å²) in [5.41, 5.74) is 3.76. The average molecular weight is 596 g/mol. The second-order valence-corrected chi connectivity index (χ2v) is 10.5. The summed E-state index contributed by atoms with van der Waals surface area (Å²) >= 11 is 0. The van der Waals surface area contributed by atoms with Gasteiger partial charge >= 0.3 is 0 Å². The van der Waals surface area contributed by atoms with E-state index in [0.29, 0.717) is 17.5 Å². The maximum Gasteiger partial charge on any atom is 0.285 e. The van der Waals surface area contributed by atoms with E-state index in [0.717, 1.165) is 63.8 Å². The monoisotopic (exact) mass is 595 g/mol. The number of unbranched alkanes of at least 4 members (excludes halogenated alkanes) is 2. The van der Waals surface area contributed by atoms with E-state index in [9.17, 15) is 9.59 Å². The van der Waals surface area contributed by atoms with Crippen LogP contribution < -0.4 is 14.2 Å². The normalized spacial score (nSPS) is 12.8. The van der Waals surface area contributed by atoms with Gasteiger partial charge in [0.2, 0.25) is 0 Å². The molecule has 4 aromatic carbocycles. The molecule has 1 aliphatic heterocycles. The number of ether oxygens (including phenoxy) is 4. The molecular formula is C36H37NO7. The van der Waals surface area contributed by atoms with Crippen molar-refractivity contribution in [1.82, 2.24) is 5.06 Å². The highest BCUT2D eigenvalue weighted by atomic mass is 16.7. The Labute approximate surface area is 258 Å². The van der Waals surface area contributed by atoms with Gasteiger partial charge in [0.15, 0.2) is 0 Å². The van der Waals surface area contributed by atoms with Crippen LogP contribution in [0, 0.1) is 0 Å². The first-order chi connectivity index (χ1) is 21.5. The summed E-state index contributed by atoms with van der Waals surface area (Å²) in [6, 6.07) is 28.7. The van der Waals surface area contributed by atoms with E-state index in [2.05, 4.69) is 6.07 Å². The van der Waals surface area contributed by atoms with Crippen LogP contribution in [-0.2, 0) is 21.6 Å². The summed E-state index contributed by atoms with van der Waals surface area (Å²) in [6.45, 7) is 0.268. The third kappa shape index (κ3) is 5.91. The number of hydrogen-bond donors (Lipinski definition) is 0. The van der Waals surface area contributed by atoms with Crippen LogP contribution in [0.4, 0.5) is 0 Å². The Morgan fingerprint density at radius 1 is 0.614 bits per heavy atom. The second-order valence-electron chi connectivity index (χ2n) is 10.5. The zero-order valence-corrected chi connectivity index (χ0v) is 25.5. The molecule has 44 heavy (non-hydrogen) atoms. The highest BCUT2D eigenvalue weighted by molar-refractivity contribution is 6.20. The number of hydrogen-bond acceptors (Lipinski definition) is 7. The molecule has 0 atom stereocenters. The van der Waals surface area contributed by atoms with E-state index in [1.807, 2.05) is 60.7 Å². The molecule has 8 nitrogen and oxygen atoms in total.